The summed E-state index contributed by atoms with van der Waals surface area (Å²) in [7, 11) is 0. The number of fused-ring (bicyclic) bond motifs is 2. The molecule has 1 aliphatic heterocycles. The van der Waals surface area contributed by atoms with Crippen molar-refractivity contribution in [2.75, 3.05) is 6.54 Å². The molecule has 2 aliphatic rings. The molecule has 2 atom stereocenters. The van der Waals surface area contributed by atoms with Crippen LogP contribution in [0.5, 0.6) is 0 Å². The first-order valence-corrected chi connectivity index (χ1v) is 5.36. The van der Waals surface area contributed by atoms with E-state index in [-0.39, 0.29) is 0 Å². The van der Waals surface area contributed by atoms with Gasteiger partial charge in [-0.1, -0.05) is 6.42 Å². The van der Waals surface area contributed by atoms with Gasteiger partial charge in [-0.25, -0.2) is 4.58 Å². The van der Waals surface area contributed by atoms with E-state index in [9.17, 15) is 0 Å². The average molecular weight is 166 g/mol. The van der Waals surface area contributed by atoms with Crippen LogP contribution >= 0.6 is 0 Å². The van der Waals surface area contributed by atoms with Crippen molar-refractivity contribution in [1.29, 1.82) is 0 Å². The van der Waals surface area contributed by atoms with E-state index in [0.29, 0.717) is 6.04 Å². The van der Waals surface area contributed by atoms with Gasteiger partial charge in [0, 0.05) is 11.8 Å². The Hall–Kier alpha value is -0.330. The molecule has 0 N–H and O–H groups in total. The van der Waals surface area contributed by atoms with Crippen LogP contribution < -0.4 is 0 Å². The molecule has 2 rings (SSSR count). The van der Waals surface area contributed by atoms with Crippen molar-refractivity contribution in [1.82, 2.24) is 0 Å². The molecule has 68 valence electrons. The van der Waals surface area contributed by atoms with Crippen LogP contribution in [0.25, 0.3) is 0 Å². The maximum atomic E-state index is 2.55. The van der Waals surface area contributed by atoms with Crippen LogP contribution in [-0.4, -0.2) is 23.4 Å². The zero-order valence-corrected chi connectivity index (χ0v) is 8.29. The van der Waals surface area contributed by atoms with E-state index in [4.69, 9.17) is 0 Å². The lowest BCUT2D eigenvalue weighted by molar-refractivity contribution is -0.568. The first kappa shape index (κ1) is 8.28. The Morgan fingerprint density at radius 2 is 2.17 bits per heavy atom. The molecule has 1 heteroatoms. The van der Waals surface area contributed by atoms with Crippen molar-refractivity contribution in [2.45, 2.75) is 45.6 Å². The quantitative estimate of drug-likeness (QED) is 0.526. The molecule has 0 radical (unpaired) electrons. The van der Waals surface area contributed by atoms with Gasteiger partial charge in [0.1, 0.15) is 18.8 Å². The van der Waals surface area contributed by atoms with E-state index in [1.807, 2.05) is 0 Å². The third-order valence-corrected chi connectivity index (χ3v) is 3.36. The third kappa shape index (κ3) is 1.55. The van der Waals surface area contributed by atoms with Gasteiger partial charge in [-0.05, 0) is 33.1 Å². The molecule has 0 amide bonds. The SMILES string of the molecule is CC(C)[N+]1=CC2CCCC(C2)C1. The van der Waals surface area contributed by atoms with Crippen molar-refractivity contribution in [3.8, 4) is 0 Å². The lowest BCUT2D eigenvalue weighted by Crippen LogP contribution is -2.37. The summed E-state index contributed by atoms with van der Waals surface area (Å²) in [4.78, 5) is 0. The summed E-state index contributed by atoms with van der Waals surface area (Å²) in [5, 5.41) is 0. The van der Waals surface area contributed by atoms with Crippen molar-refractivity contribution in [2.24, 2.45) is 11.8 Å². The summed E-state index contributed by atoms with van der Waals surface area (Å²) >= 11 is 0. The van der Waals surface area contributed by atoms with Crippen molar-refractivity contribution in [3.05, 3.63) is 0 Å². The van der Waals surface area contributed by atoms with Gasteiger partial charge >= 0.3 is 0 Å². The van der Waals surface area contributed by atoms with Crippen LogP contribution in [0.15, 0.2) is 0 Å². The smallest absolute Gasteiger partial charge is 0.146 e. The molecule has 0 spiro atoms. The van der Waals surface area contributed by atoms with Gasteiger partial charge in [-0.15, -0.1) is 0 Å². The lowest BCUT2D eigenvalue weighted by Gasteiger charge is -2.30. The molecule has 2 unspecified atom stereocenters. The molecule has 1 saturated carbocycles. The number of hydrogen-bond donors (Lipinski definition) is 0. The van der Waals surface area contributed by atoms with Crippen molar-refractivity contribution in [3.63, 3.8) is 0 Å². The van der Waals surface area contributed by atoms with Crippen LogP contribution in [0.3, 0.4) is 0 Å². The third-order valence-electron chi connectivity index (χ3n) is 3.36. The van der Waals surface area contributed by atoms with Crippen LogP contribution in [0.2, 0.25) is 0 Å². The Balaban J connectivity index is 2.11. The molecule has 0 aromatic carbocycles. The average Bonchev–Trinajstić information content (AvgIpc) is 2.03. The molecule has 1 fully saturated rings. The highest BCUT2D eigenvalue weighted by Gasteiger charge is 2.31. The van der Waals surface area contributed by atoms with Gasteiger partial charge in [0.25, 0.3) is 0 Å². The highest BCUT2D eigenvalue weighted by Crippen LogP contribution is 2.31. The fourth-order valence-electron chi connectivity index (χ4n) is 2.65. The van der Waals surface area contributed by atoms with E-state index < -0.39 is 0 Å². The largest absolute Gasteiger partial charge is 0.237 e. The zero-order chi connectivity index (χ0) is 8.55. The summed E-state index contributed by atoms with van der Waals surface area (Å²) in [5.74, 6) is 1.93. The highest BCUT2D eigenvalue weighted by molar-refractivity contribution is 5.56. The molecule has 1 aliphatic carbocycles. The van der Waals surface area contributed by atoms with E-state index in [2.05, 4.69) is 24.6 Å². The first-order valence-electron chi connectivity index (χ1n) is 5.36. The summed E-state index contributed by atoms with van der Waals surface area (Å²) < 4.78 is 2.55. The standard InChI is InChI=1S/C11H20N/c1-9(2)12-7-10-4-3-5-11(6-10)8-12/h7,9-11H,3-6,8H2,1-2H3/q+1. The van der Waals surface area contributed by atoms with E-state index >= 15 is 0 Å². The second-order valence-corrected chi connectivity index (χ2v) is 4.73. The summed E-state index contributed by atoms with van der Waals surface area (Å²) in [6.07, 6.45) is 8.37. The maximum absolute atomic E-state index is 2.55. The molecular weight excluding hydrogens is 146 g/mol. The molecule has 0 saturated heterocycles. The van der Waals surface area contributed by atoms with Crippen LogP contribution in [0, 0.1) is 11.8 Å². The van der Waals surface area contributed by atoms with Crippen molar-refractivity contribution < 1.29 is 4.58 Å². The Bertz CT molecular complexity index is 193. The summed E-state index contributed by atoms with van der Waals surface area (Å²) in [6.45, 7) is 5.93. The second-order valence-electron chi connectivity index (χ2n) is 4.73. The topological polar surface area (TPSA) is 3.01 Å². The minimum Gasteiger partial charge on any atom is -0.237 e. The van der Waals surface area contributed by atoms with E-state index in [1.54, 1.807) is 0 Å². The predicted octanol–water partition coefficient (Wildman–Crippen LogP) is 2.30. The number of hydrogen-bond acceptors (Lipinski definition) is 0. The molecule has 1 nitrogen and oxygen atoms in total. The lowest BCUT2D eigenvalue weighted by atomic mass is 9.79. The van der Waals surface area contributed by atoms with E-state index in [0.717, 1.165) is 11.8 Å². The fourth-order valence-corrected chi connectivity index (χ4v) is 2.65. The molecule has 2 bridgehead atoms. The summed E-state index contributed by atoms with van der Waals surface area (Å²) in [5.41, 5.74) is 0. The molecular formula is C11H20N+. The molecule has 1 heterocycles. The molecule has 0 aromatic heterocycles. The Morgan fingerprint density at radius 1 is 1.33 bits per heavy atom. The number of rotatable bonds is 1. The van der Waals surface area contributed by atoms with Gasteiger partial charge < -0.3 is 0 Å². The predicted molar refractivity (Wildman–Crippen MR) is 51.8 cm³/mol. The maximum Gasteiger partial charge on any atom is 0.146 e. The Kier molecular flexibility index (Phi) is 2.20. The molecule has 12 heavy (non-hydrogen) atoms. The van der Waals surface area contributed by atoms with Gasteiger partial charge in [-0.2, -0.15) is 0 Å². The van der Waals surface area contributed by atoms with Crippen LogP contribution in [0.4, 0.5) is 0 Å². The Labute approximate surface area is 75.5 Å². The molecule has 0 aromatic rings. The van der Waals surface area contributed by atoms with Crippen LogP contribution in [-0.2, 0) is 0 Å². The first-order chi connectivity index (χ1) is 5.75. The number of nitrogens with zero attached hydrogens (tertiary/aromatic N) is 1. The monoisotopic (exact) mass is 166 g/mol. The van der Waals surface area contributed by atoms with Crippen LogP contribution in [0.1, 0.15) is 39.5 Å². The van der Waals surface area contributed by atoms with Gasteiger partial charge in [0.05, 0.1) is 0 Å². The van der Waals surface area contributed by atoms with Crippen molar-refractivity contribution >= 4 is 6.21 Å². The second kappa shape index (κ2) is 3.20. The van der Waals surface area contributed by atoms with E-state index in [1.165, 1.54) is 32.2 Å². The van der Waals surface area contributed by atoms with Gasteiger partial charge in [0.15, 0.2) is 0 Å². The summed E-state index contributed by atoms with van der Waals surface area (Å²) in [6, 6.07) is 0.716. The zero-order valence-electron chi connectivity index (χ0n) is 8.29. The minimum absolute atomic E-state index is 0.716. The Morgan fingerprint density at radius 3 is 2.83 bits per heavy atom. The fraction of sp³-hybridized carbons (Fsp3) is 0.909. The normalized spacial score (nSPS) is 35.1. The minimum atomic E-state index is 0.716. The highest BCUT2D eigenvalue weighted by atomic mass is 15.0. The van der Waals surface area contributed by atoms with Gasteiger partial charge in [-0.3, -0.25) is 0 Å². The van der Waals surface area contributed by atoms with Gasteiger partial charge in [0.2, 0.25) is 0 Å².